The van der Waals surface area contributed by atoms with E-state index in [4.69, 9.17) is 5.14 Å². The molecule has 0 saturated heterocycles. The molecule has 0 fully saturated rings. The van der Waals surface area contributed by atoms with Crippen LogP contribution in [0, 0.1) is 0 Å². The van der Waals surface area contributed by atoms with Crippen LogP contribution >= 0.6 is 0 Å². The molecule has 88 valence electrons. The maximum absolute atomic E-state index is 11.6. The summed E-state index contributed by atoms with van der Waals surface area (Å²) in [5, 5.41) is 5.16. The molecule has 2 aromatic rings. The third-order valence-corrected chi connectivity index (χ3v) is 2.86. The summed E-state index contributed by atoms with van der Waals surface area (Å²) in [6.45, 7) is 0. The van der Waals surface area contributed by atoms with E-state index in [-0.39, 0.29) is 5.95 Å². The van der Waals surface area contributed by atoms with Gasteiger partial charge in [0, 0.05) is 12.4 Å². The van der Waals surface area contributed by atoms with Crippen LogP contribution < -0.4 is 9.44 Å². The summed E-state index contributed by atoms with van der Waals surface area (Å²) in [7, 11) is -3.96. The molecule has 2 rings (SSSR count). The minimum absolute atomic E-state index is 0.0150. The fraction of sp³-hybridized carbons (Fsp3) is 0. The maximum atomic E-state index is 11.6. The Hall–Kier alpha value is -1.99. The Morgan fingerprint density at radius 3 is 2.12 bits per heavy atom. The highest BCUT2D eigenvalue weighted by Gasteiger charge is 2.22. The number of aromatic nitrogens is 2. The van der Waals surface area contributed by atoms with Crippen molar-refractivity contribution in [1.82, 2.24) is 9.97 Å². The van der Waals surface area contributed by atoms with E-state index in [9.17, 15) is 8.42 Å². The van der Waals surface area contributed by atoms with Crippen LogP contribution in [0.2, 0.25) is 0 Å². The van der Waals surface area contributed by atoms with E-state index in [0.717, 1.165) is 4.31 Å². The van der Waals surface area contributed by atoms with Crippen molar-refractivity contribution in [2.24, 2.45) is 5.14 Å². The second-order valence-electron chi connectivity index (χ2n) is 3.19. The standard InChI is InChI=1S/C10H10N4O2S/c11-17(15,16)14(9-5-2-1-3-6-9)10-12-7-4-8-13-10/h1-8H,(H2,11,15,16). The molecule has 6 nitrogen and oxygen atoms in total. The molecule has 1 aromatic carbocycles. The first kappa shape index (κ1) is 11.5. The van der Waals surface area contributed by atoms with Gasteiger partial charge in [-0.25, -0.2) is 15.1 Å². The summed E-state index contributed by atoms with van der Waals surface area (Å²) in [6.07, 6.45) is 2.90. The van der Waals surface area contributed by atoms with Crippen molar-refractivity contribution in [3.05, 3.63) is 48.8 Å². The van der Waals surface area contributed by atoms with Gasteiger partial charge in [0.1, 0.15) is 0 Å². The van der Waals surface area contributed by atoms with E-state index in [0.29, 0.717) is 5.69 Å². The number of benzene rings is 1. The molecule has 0 amide bonds. The Balaban J connectivity index is 2.56. The van der Waals surface area contributed by atoms with Gasteiger partial charge in [-0.15, -0.1) is 0 Å². The SMILES string of the molecule is NS(=O)(=O)N(c1ccccc1)c1ncccn1. The first-order valence-electron chi connectivity index (χ1n) is 4.74. The maximum Gasteiger partial charge on any atom is 0.305 e. The van der Waals surface area contributed by atoms with Crippen LogP contribution in [0.25, 0.3) is 0 Å². The highest BCUT2D eigenvalue weighted by Crippen LogP contribution is 2.22. The first-order valence-corrected chi connectivity index (χ1v) is 6.24. The number of rotatable bonds is 3. The molecule has 0 bridgehead atoms. The number of hydrogen-bond donors (Lipinski definition) is 1. The quantitative estimate of drug-likeness (QED) is 0.873. The van der Waals surface area contributed by atoms with Crippen molar-refractivity contribution in [3.63, 3.8) is 0 Å². The molecular weight excluding hydrogens is 240 g/mol. The average molecular weight is 250 g/mol. The molecule has 0 aliphatic rings. The Morgan fingerprint density at radius 1 is 1.00 bits per heavy atom. The van der Waals surface area contributed by atoms with Crippen molar-refractivity contribution in [2.45, 2.75) is 0 Å². The number of nitrogens with two attached hydrogens (primary N) is 1. The summed E-state index contributed by atoms with van der Waals surface area (Å²) in [5.74, 6) is 0.0150. The molecule has 0 spiro atoms. The number of para-hydroxylation sites is 1. The Bertz CT molecular complexity index is 547. The zero-order valence-electron chi connectivity index (χ0n) is 8.76. The van der Waals surface area contributed by atoms with Crippen LogP contribution in [0.1, 0.15) is 0 Å². The molecule has 1 heterocycles. The van der Waals surface area contributed by atoms with Gasteiger partial charge in [0.25, 0.3) is 0 Å². The second-order valence-corrected chi connectivity index (χ2v) is 4.59. The average Bonchev–Trinajstić information content (AvgIpc) is 2.30. The first-order chi connectivity index (χ1) is 8.09. The van der Waals surface area contributed by atoms with Gasteiger partial charge in [0.05, 0.1) is 5.69 Å². The van der Waals surface area contributed by atoms with Crippen LogP contribution in [-0.4, -0.2) is 18.4 Å². The van der Waals surface area contributed by atoms with Crippen LogP contribution in [0.5, 0.6) is 0 Å². The zero-order valence-corrected chi connectivity index (χ0v) is 9.58. The molecule has 17 heavy (non-hydrogen) atoms. The summed E-state index contributed by atoms with van der Waals surface area (Å²) in [6, 6.07) is 10.0. The van der Waals surface area contributed by atoms with Gasteiger partial charge in [-0.1, -0.05) is 18.2 Å². The fourth-order valence-corrected chi connectivity index (χ4v) is 2.07. The molecule has 0 aliphatic carbocycles. The zero-order chi connectivity index (χ0) is 12.3. The number of anilines is 2. The third-order valence-electron chi connectivity index (χ3n) is 1.98. The molecule has 7 heteroatoms. The van der Waals surface area contributed by atoms with Crippen molar-refractivity contribution in [2.75, 3.05) is 4.31 Å². The van der Waals surface area contributed by atoms with Gasteiger partial charge in [-0.2, -0.15) is 12.7 Å². The summed E-state index contributed by atoms with van der Waals surface area (Å²) in [5.41, 5.74) is 0.390. The second kappa shape index (κ2) is 4.48. The minimum Gasteiger partial charge on any atom is -0.220 e. The van der Waals surface area contributed by atoms with Gasteiger partial charge >= 0.3 is 10.2 Å². The number of nitrogens with zero attached hydrogens (tertiary/aromatic N) is 3. The predicted octanol–water partition coefficient (Wildman–Crippen LogP) is 0.818. The van der Waals surface area contributed by atoms with Crippen LogP contribution in [0.4, 0.5) is 11.6 Å². The third kappa shape index (κ3) is 2.58. The monoisotopic (exact) mass is 250 g/mol. The summed E-state index contributed by atoms with van der Waals surface area (Å²) < 4.78 is 24.0. The normalized spacial score (nSPS) is 11.1. The van der Waals surface area contributed by atoms with E-state index in [1.807, 2.05) is 0 Å². The molecule has 2 N–H and O–H groups in total. The minimum atomic E-state index is -3.96. The van der Waals surface area contributed by atoms with Gasteiger partial charge < -0.3 is 0 Å². The van der Waals surface area contributed by atoms with Crippen molar-refractivity contribution in [1.29, 1.82) is 0 Å². The molecule has 0 saturated carbocycles. The molecule has 0 aliphatic heterocycles. The van der Waals surface area contributed by atoms with E-state index in [1.54, 1.807) is 36.4 Å². The molecular formula is C10H10N4O2S. The lowest BCUT2D eigenvalue weighted by Crippen LogP contribution is -2.33. The van der Waals surface area contributed by atoms with Crippen LogP contribution in [-0.2, 0) is 10.2 Å². The van der Waals surface area contributed by atoms with Gasteiger partial charge in [0.15, 0.2) is 0 Å². The van der Waals surface area contributed by atoms with Gasteiger partial charge in [-0.05, 0) is 18.2 Å². The molecule has 0 radical (unpaired) electrons. The van der Waals surface area contributed by atoms with E-state index in [1.165, 1.54) is 12.4 Å². The van der Waals surface area contributed by atoms with E-state index < -0.39 is 10.2 Å². The molecule has 1 aromatic heterocycles. The fourth-order valence-electron chi connectivity index (χ4n) is 1.34. The molecule has 0 unspecified atom stereocenters. The Morgan fingerprint density at radius 2 is 1.59 bits per heavy atom. The lowest BCUT2D eigenvalue weighted by molar-refractivity contribution is 0.597. The smallest absolute Gasteiger partial charge is 0.220 e. The largest absolute Gasteiger partial charge is 0.305 e. The Kier molecular flexibility index (Phi) is 3.03. The van der Waals surface area contributed by atoms with Crippen molar-refractivity contribution >= 4 is 21.8 Å². The molecule has 0 atom stereocenters. The van der Waals surface area contributed by atoms with E-state index >= 15 is 0 Å². The van der Waals surface area contributed by atoms with Crippen LogP contribution in [0.15, 0.2) is 48.8 Å². The van der Waals surface area contributed by atoms with Crippen molar-refractivity contribution < 1.29 is 8.42 Å². The highest BCUT2D eigenvalue weighted by atomic mass is 32.2. The predicted molar refractivity (Wildman–Crippen MR) is 63.7 cm³/mol. The highest BCUT2D eigenvalue weighted by molar-refractivity contribution is 7.90. The lowest BCUT2D eigenvalue weighted by atomic mass is 10.3. The van der Waals surface area contributed by atoms with Crippen molar-refractivity contribution in [3.8, 4) is 0 Å². The lowest BCUT2D eigenvalue weighted by Gasteiger charge is -2.18. The number of hydrogen-bond acceptors (Lipinski definition) is 4. The van der Waals surface area contributed by atoms with Crippen LogP contribution in [0.3, 0.4) is 0 Å². The van der Waals surface area contributed by atoms with E-state index in [2.05, 4.69) is 9.97 Å². The van der Waals surface area contributed by atoms with Gasteiger partial charge in [0.2, 0.25) is 5.95 Å². The topological polar surface area (TPSA) is 89.2 Å². The van der Waals surface area contributed by atoms with Gasteiger partial charge in [-0.3, -0.25) is 0 Å². The summed E-state index contributed by atoms with van der Waals surface area (Å²) in [4.78, 5) is 7.76. The summed E-state index contributed by atoms with van der Waals surface area (Å²) >= 11 is 0. The Labute approximate surface area is 98.9 Å².